The molecule has 0 aliphatic heterocycles. The number of benzene rings is 2. The van der Waals surface area contributed by atoms with Crippen molar-refractivity contribution in [2.24, 2.45) is 0 Å². The zero-order valence-electron chi connectivity index (χ0n) is 37.2. The van der Waals surface area contributed by atoms with Gasteiger partial charge in [-0.15, -0.1) is 4.79 Å². The maximum atomic E-state index is 9.91. The Balaban J connectivity index is 0. The summed E-state index contributed by atoms with van der Waals surface area (Å²) < 4.78 is 0. The molecule has 0 fully saturated rings. The molecular formula is C52H84N2Ni. The third-order valence-electron chi connectivity index (χ3n) is 10.7. The Morgan fingerprint density at radius 1 is 0.527 bits per heavy atom. The predicted octanol–water partition coefficient (Wildman–Crippen LogP) is 16.6. The van der Waals surface area contributed by atoms with Crippen molar-refractivity contribution in [2.45, 2.75) is 208 Å². The molecule has 3 heteroatoms. The Labute approximate surface area is 353 Å². The molecule has 0 radical (unpaired) electrons. The maximum Gasteiger partial charge on any atom is 2.00 e. The number of rotatable bonds is 30. The SMILES string of the molecule is CCCCCCCCCCCCCCCCC=CC(C(=C=[N+]=[N-])CCCC)=C(c1cc(CC)cc(CC)c1)c1cc(CCCC)cc(CCCC)c1.[CH3-].[CH3-].[Ni+2]. The minimum atomic E-state index is 0. The molecule has 2 rings (SSSR count). The van der Waals surface area contributed by atoms with E-state index in [1.54, 1.807) is 0 Å². The fraction of sp³-hybridized carbons (Fsp3) is 0.615. The van der Waals surface area contributed by atoms with Gasteiger partial charge in [0.1, 0.15) is 0 Å². The Morgan fingerprint density at radius 3 is 1.35 bits per heavy atom. The summed E-state index contributed by atoms with van der Waals surface area (Å²) in [4.78, 5) is 3.53. The smallest absolute Gasteiger partial charge is 0.358 e. The van der Waals surface area contributed by atoms with Gasteiger partial charge < -0.3 is 20.4 Å². The standard InChI is InChI=1S/C50H78N2.2CH3.Ni/c1-7-13-17-18-19-20-21-22-23-24-25-26-27-28-29-30-34-49(46(41-52-51)33-16-10-4)50(47-37-42(11-5)35-43(12-6)38-47)48-39-44(31-14-8-2)36-45(40-48)32-15-9-3;;;/h30,34-40H,7-29,31-33H2,1-6H3;2*1H3;/q;2*-1;+2. The van der Waals surface area contributed by atoms with E-state index in [4.69, 9.17) is 0 Å². The summed E-state index contributed by atoms with van der Waals surface area (Å²) in [6, 6.07) is 14.6. The summed E-state index contributed by atoms with van der Waals surface area (Å²) in [5.74, 6) is 3.09. The van der Waals surface area contributed by atoms with Crippen molar-refractivity contribution < 1.29 is 21.3 Å². The summed E-state index contributed by atoms with van der Waals surface area (Å²) in [6.07, 6.45) is 37.1. The van der Waals surface area contributed by atoms with Gasteiger partial charge in [0, 0.05) is 5.57 Å². The number of unbranched alkanes of at least 4 members (excludes halogenated alkanes) is 17. The second-order valence-electron chi connectivity index (χ2n) is 15.4. The molecule has 55 heavy (non-hydrogen) atoms. The van der Waals surface area contributed by atoms with Crippen LogP contribution in [-0.2, 0) is 42.2 Å². The Kier molecular flexibility index (Phi) is 35.7. The van der Waals surface area contributed by atoms with Gasteiger partial charge >= 0.3 is 22.4 Å². The van der Waals surface area contributed by atoms with Gasteiger partial charge in [-0.2, -0.15) is 0 Å². The fourth-order valence-corrected chi connectivity index (χ4v) is 7.41. The van der Waals surface area contributed by atoms with Crippen LogP contribution in [0.3, 0.4) is 0 Å². The first-order chi connectivity index (χ1) is 25.5. The number of allylic oxidation sites excluding steroid dienone is 4. The van der Waals surface area contributed by atoms with E-state index in [-0.39, 0.29) is 31.3 Å². The first-order valence-corrected chi connectivity index (χ1v) is 22.2. The second kappa shape index (κ2) is 36.0. The third-order valence-corrected chi connectivity index (χ3v) is 10.7. The van der Waals surface area contributed by atoms with E-state index < -0.39 is 0 Å². The van der Waals surface area contributed by atoms with Crippen molar-refractivity contribution in [1.82, 2.24) is 0 Å². The first-order valence-electron chi connectivity index (χ1n) is 22.2. The Hall–Kier alpha value is -2.43. The van der Waals surface area contributed by atoms with Crippen LogP contribution in [0, 0.1) is 14.9 Å². The van der Waals surface area contributed by atoms with E-state index >= 15 is 0 Å². The third kappa shape index (κ3) is 22.8. The van der Waals surface area contributed by atoms with Gasteiger partial charge in [0.15, 0.2) is 0 Å². The molecule has 0 saturated carbocycles. The van der Waals surface area contributed by atoms with Crippen LogP contribution >= 0.6 is 0 Å². The van der Waals surface area contributed by atoms with Crippen LogP contribution in [-0.4, -0.2) is 10.7 Å². The van der Waals surface area contributed by atoms with Crippen LogP contribution in [0.2, 0.25) is 0 Å². The molecule has 0 aliphatic rings. The van der Waals surface area contributed by atoms with Gasteiger partial charge in [-0.1, -0.05) is 193 Å². The Bertz CT molecular complexity index is 1350. The summed E-state index contributed by atoms with van der Waals surface area (Å²) >= 11 is 0. The van der Waals surface area contributed by atoms with Crippen molar-refractivity contribution in [3.8, 4) is 0 Å². The molecule has 0 bridgehead atoms. The van der Waals surface area contributed by atoms with Crippen LogP contribution in [0.25, 0.3) is 11.1 Å². The number of hydrogen-bond donors (Lipinski definition) is 0. The Morgan fingerprint density at radius 2 is 0.927 bits per heavy atom. The summed E-state index contributed by atoms with van der Waals surface area (Å²) in [7, 11) is 0. The maximum absolute atomic E-state index is 9.91. The molecule has 2 aromatic rings. The van der Waals surface area contributed by atoms with Gasteiger partial charge in [-0.25, -0.2) is 0 Å². The molecule has 0 unspecified atom stereocenters. The number of nitrogens with zero attached hydrogens (tertiary/aromatic N) is 2. The average molecular weight is 796 g/mol. The molecular weight excluding hydrogens is 711 g/mol. The van der Waals surface area contributed by atoms with Crippen LogP contribution in [0.15, 0.2) is 59.7 Å². The monoisotopic (exact) mass is 795 g/mol. The van der Waals surface area contributed by atoms with Gasteiger partial charge in [0.25, 0.3) is 0 Å². The van der Waals surface area contributed by atoms with Gasteiger partial charge in [0.05, 0.1) is 5.57 Å². The van der Waals surface area contributed by atoms with Crippen molar-refractivity contribution >= 4 is 11.4 Å². The van der Waals surface area contributed by atoms with Crippen molar-refractivity contribution in [3.63, 3.8) is 0 Å². The molecule has 0 heterocycles. The molecule has 0 amide bonds. The summed E-state index contributed by atoms with van der Waals surface area (Å²) in [6.45, 7) is 13.6. The molecule has 0 N–H and O–H groups in total. The van der Waals surface area contributed by atoms with Crippen LogP contribution < -0.4 is 0 Å². The van der Waals surface area contributed by atoms with Gasteiger partial charge in [0.2, 0.25) is 0 Å². The summed E-state index contributed by atoms with van der Waals surface area (Å²) in [5, 5.41) is 0. The van der Waals surface area contributed by atoms with Crippen molar-refractivity contribution in [2.75, 3.05) is 0 Å². The molecule has 2 nitrogen and oxygen atoms in total. The molecule has 0 aromatic heterocycles. The van der Waals surface area contributed by atoms with Gasteiger partial charge in [-0.3, -0.25) is 0 Å². The fourth-order valence-electron chi connectivity index (χ4n) is 7.41. The topological polar surface area (TPSA) is 36.4 Å². The van der Waals surface area contributed by atoms with E-state index in [0.29, 0.717) is 0 Å². The number of aryl methyl sites for hydroxylation is 4. The van der Waals surface area contributed by atoms with E-state index in [0.717, 1.165) is 56.9 Å². The van der Waals surface area contributed by atoms with E-state index in [9.17, 15) is 5.53 Å². The van der Waals surface area contributed by atoms with Crippen LogP contribution in [0.1, 0.15) is 216 Å². The van der Waals surface area contributed by atoms with Crippen LogP contribution in [0.4, 0.5) is 0 Å². The normalized spacial score (nSPS) is 11.2. The van der Waals surface area contributed by atoms with E-state index in [1.165, 1.54) is 160 Å². The molecule has 0 atom stereocenters. The zero-order chi connectivity index (χ0) is 37.7. The first kappa shape index (κ1) is 54.7. The minimum Gasteiger partial charge on any atom is -0.358 e. The van der Waals surface area contributed by atoms with E-state index in [1.807, 2.05) is 0 Å². The predicted molar refractivity (Wildman–Crippen MR) is 243 cm³/mol. The second-order valence-corrected chi connectivity index (χ2v) is 15.4. The van der Waals surface area contributed by atoms with Crippen molar-refractivity contribution in [1.29, 1.82) is 0 Å². The number of hydrogen-bond acceptors (Lipinski definition) is 0. The van der Waals surface area contributed by atoms with Crippen molar-refractivity contribution in [3.05, 3.63) is 113 Å². The molecule has 0 saturated heterocycles. The zero-order valence-corrected chi connectivity index (χ0v) is 38.2. The average Bonchev–Trinajstić information content (AvgIpc) is 3.16. The molecule has 0 spiro atoms. The van der Waals surface area contributed by atoms with E-state index in [2.05, 4.69) is 101 Å². The molecule has 2 aromatic carbocycles. The van der Waals surface area contributed by atoms with Gasteiger partial charge in [-0.05, 0) is 103 Å². The minimum absolute atomic E-state index is 0. The molecule has 312 valence electrons. The van der Waals surface area contributed by atoms with Crippen LogP contribution in [0.5, 0.6) is 0 Å². The summed E-state index contributed by atoms with van der Waals surface area (Å²) in [5.41, 5.74) is 21.5. The largest absolute Gasteiger partial charge is 2.00 e. The quantitative estimate of drug-likeness (QED) is 0.0144. The molecule has 0 aliphatic carbocycles.